The number of hydrogen-bond donors (Lipinski definition) is 0. The van der Waals surface area contributed by atoms with Crippen LogP contribution in [0.25, 0.3) is 22.0 Å². The minimum Gasteiger partial charge on any atom is -0.284 e. The van der Waals surface area contributed by atoms with Crippen molar-refractivity contribution in [3.63, 3.8) is 0 Å². The van der Waals surface area contributed by atoms with Gasteiger partial charge in [0.05, 0.1) is 5.52 Å². The van der Waals surface area contributed by atoms with Crippen LogP contribution in [0.4, 0.5) is 0 Å². The molecule has 0 aliphatic heterocycles. The van der Waals surface area contributed by atoms with Crippen molar-refractivity contribution in [1.82, 2.24) is 4.57 Å². The molecule has 0 aliphatic carbocycles. The molecular weight excluding hydrogens is 294 g/mol. The molecule has 0 saturated carbocycles. The number of rotatable bonds is 3. The standard InChI is InChI=1S/C19H16ClNO/c1-3-7-18-19(14-8-5-4-6-9-14)16-12-15(20)10-11-17(16)21(18)13(2)22/h3-6,8-12H,1,7H2,2H3. The van der Waals surface area contributed by atoms with Gasteiger partial charge >= 0.3 is 0 Å². The molecule has 110 valence electrons. The Hall–Kier alpha value is -2.32. The van der Waals surface area contributed by atoms with Crippen molar-refractivity contribution >= 4 is 28.4 Å². The van der Waals surface area contributed by atoms with Crippen LogP contribution in [-0.2, 0) is 6.42 Å². The predicted molar refractivity (Wildman–Crippen MR) is 92.6 cm³/mol. The van der Waals surface area contributed by atoms with Crippen LogP contribution in [-0.4, -0.2) is 10.5 Å². The number of nitrogens with zero attached hydrogens (tertiary/aromatic N) is 1. The Morgan fingerprint density at radius 3 is 2.59 bits per heavy atom. The van der Waals surface area contributed by atoms with E-state index in [2.05, 4.69) is 6.58 Å². The Kier molecular flexibility index (Phi) is 3.86. The number of aromatic nitrogens is 1. The molecule has 0 saturated heterocycles. The molecule has 0 amide bonds. The fourth-order valence-electron chi connectivity index (χ4n) is 2.93. The molecule has 0 unspecified atom stereocenters. The van der Waals surface area contributed by atoms with Crippen molar-refractivity contribution in [1.29, 1.82) is 0 Å². The lowest BCUT2D eigenvalue weighted by molar-refractivity contribution is 0.0939. The average Bonchev–Trinajstić information content (AvgIpc) is 2.81. The van der Waals surface area contributed by atoms with E-state index in [1.165, 1.54) is 0 Å². The van der Waals surface area contributed by atoms with E-state index in [-0.39, 0.29) is 5.91 Å². The summed E-state index contributed by atoms with van der Waals surface area (Å²) in [4.78, 5) is 12.2. The molecule has 0 bridgehead atoms. The molecule has 0 fully saturated rings. The summed E-state index contributed by atoms with van der Waals surface area (Å²) in [6.07, 6.45) is 2.44. The van der Waals surface area contributed by atoms with E-state index in [1.807, 2.05) is 54.6 Å². The van der Waals surface area contributed by atoms with Gasteiger partial charge in [0.2, 0.25) is 5.91 Å². The SMILES string of the molecule is C=CCc1c(-c2ccccc2)c2cc(Cl)ccc2n1C(C)=O. The van der Waals surface area contributed by atoms with Crippen LogP contribution >= 0.6 is 11.6 Å². The topological polar surface area (TPSA) is 22.0 Å². The number of fused-ring (bicyclic) bond motifs is 1. The summed E-state index contributed by atoms with van der Waals surface area (Å²) in [5, 5.41) is 1.65. The highest BCUT2D eigenvalue weighted by Gasteiger charge is 2.19. The van der Waals surface area contributed by atoms with Crippen molar-refractivity contribution in [2.45, 2.75) is 13.3 Å². The molecule has 1 heterocycles. The van der Waals surface area contributed by atoms with E-state index in [0.717, 1.165) is 27.7 Å². The van der Waals surface area contributed by atoms with Gasteiger partial charge in [-0.25, -0.2) is 0 Å². The summed E-state index contributed by atoms with van der Waals surface area (Å²) >= 11 is 6.18. The van der Waals surface area contributed by atoms with Gasteiger partial charge in [-0.15, -0.1) is 6.58 Å². The second-order valence-corrected chi connectivity index (χ2v) is 5.63. The van der Waals surface area contributed by atoms with Gasteiger partial charge in [0.15, 0.2) is 0 Å². The largest absolute Gasteiger partial charge is 0.284 e. The lowest BCUT2D eigenvalue weighted by atomic mass is 10.0. The normalized spacial score (nSPS) is 10.8. The third-order valence-corrected chi connectivity index (χ3v) is 3.98. The fraction of sp³-hybridized carbons (Fsp3) is 0.105. The van der Waals surface area contributed by atoms with Gasteiger partial charge in [0.25, 0.3) is 0 Å². The van der Waals surface area contributed by atoms with E-state index in [4.69, 9.17) is 11.6 Å². The lowest BCUT2D eigenvalue weighted by Gasteiger charge is -2.07. The van der Waals surface area contributed by atoms with Gasteiger partial charge in [0.1, 0.15) is 0 Å². The highest BCUT2D eigenvalue weighted by atomic mass is 35.5. The maximum Gasteiger partial charge on any atom is 0.228 e. The molecule has 22 heavy (non-hydrogen) atoms. The highest BCUT2D eigenvalue weighted by molar-refractivity contribution is 6.31. The van der Waals surface area contributed by atoms with Gasteiger partial charge in [-0.1, -0.05) is 48.0 Å². The number of hydrogen-bond acceptors (Lipinski definition) is 1. The first-order chi connectivity index (χ1) is 10.6. The zero-order valence-corrected chi connectivity index (χ0v) is 13.1. The number of halogens is 1. The average molecular weight is 310 g/mol. The van der Waals surface area contributed by atoms with Crippen molar-refractivity contribution in [3.05, 3.63) is 71.9 Å². The maximum absolute atomic E-state index is 12.2. The maximum atomic E-state index is 12.2. The molecule has 2 nitrogen and oxygen atoms in total. The summed E-state index contributed by atoms with van der Waals surface area (Å²) in [6.45, 7) is 5.41. The van der Waals surface area contributed by atoms with Crippen LogP contribution in [0.15, 0.2) is 61.2 Å². The van der Waals surface area contributed by atoms with Crippen LogP contribution in [0.5, 0.6) is 0 Å². The van der Waals surface area contributed by atoms with Crippen LogP contribution in [0.2, 0.25) is 5.02 Å². The first-order valence-electron chi connectivity index (χ1n) is 7.13. The first kappa shape index (κ1) is 14.6. The molecular formula is C19H16ClNO. The molecule has 0 atom stereocenters. The molecule has 0 N–H and O–H groups in total. The monoisotopic (exact) mass is 309 g/mol. The van der Waals surface area contributed by atoms with E-state index in [0.29, 0.717) is 11.4 Å². The smallest absolute Gasteiger partial charge is 0.228 e. The van der Waals surface area contributed by atoms with E-state index in [1.54, 1.807) is 11.5 Å². The van der Waals surface area contributed by atoms with Crippen molar-refractivity contribution in [2.75, 3.05) is 0 Å². The van der Waals surface area contributed by atoms with Crippen molar-refractivity contribution in [3.8, 4) is 11.1 Å². The number of carbonyl (C=O) groups is 1. The van der Waals surface area contributed by atoms with Gasteiger partial charge in [0, 0.05) is 35.0 Å². The van der Waals surface area contributed by atoms with Crippen molar-refractivity contribution in [2.24, 2.45) is 0 Å². The molecule has 3 heteroatoms. The fourth-order valence-corrected chi connectivity index (χ4v) is 3.10. The zero-order chi connectivity index (χ0) is 15.7. The minimum atomic E-state index is -0.00801. The number of allylic oxidation sites excluding steroid dienone is 1. The lowest BCUT2D eigenvalue weighted by Crippen LogP contribution is -2.09. The Balaban J connectivity index is 2.47. The van der Waals surface area contributed by atoms with Gasteiger partial charge < -0.3 is 0 Å². The minimum absolute atomic E-state index is 0.00801. The second kappa shape index (κ2) is 5.82. The molecule has 1 aromatic heterocycles. The van der Waals surface area contributed by atoms with Gasteiger partial charge in [-0.2, -0.15) is 0 Å². The zero-order valence-electron chi connectivity index (χ0n) is 12.3. The molecule has 2 aromatic carbocycles. The molecule has 3 rings (SSSR count). The van der Waals surface area contributed by atoms with Crippen LogP contribution in [0, 0.1) is 0 Å². The van der Waals surface area contributed by atoms with Gasteiger partial charge in [-0.3, -0.25) is 9.36 Å². The van der Waals surface area contributed by atoms with Crippen molar-refractivity contribution < 1.29 is 4.79 Å². The van der Waals surface area contributed by atoms with Gasteiger partial charge in [-0.05, 0) is 23.8 Å². The molecule has 0 spiro atoms. The Bertz CT molecular complexity index is 862. The van der Waals surface area contributed by atoms with Crippen LogP contribution < -0.4 is 0 Å². The van der Waals surface area contributed by atoms with E-state index in [9.17, 15) is 4.79 Å². The Morgan fingerprint density at radius 1 is 1.23 bits per heavy atom. The predicted octanol–water partition coefficient (Wildman–Crippen LogP) is 5.35. The summed E-state index contributed by atoms with van der Waals surface area (Å²) < 4.78 is 1.76. The second-order valence-electron chi connectivity index (χ2n) is 5.20. The van der Waals surface area contributed by atoms with E-state index < -0.39 is 0 Å². The Labute approximate surface area is 134 Å². The summed E-state index contributed by atoms with van der Waals surface area (Å²) in [5.41, 5.74) is 3.96. The van der Waals surface area contributed by atoms with Crippen LogP contribution in [0.1, 0.15) is 17.4 Å². The van der Waals surface area contributed by atoms with E-state index >= 15 is 0 Å². The highest BCUT2D eigenvalue weighted by Crippen LogP contribution is 2.36. The number of carbonyl (C=O) groups excluding carboxylic acids is 1. The first-order valence-corrected chi connectivity index (χ1v) is 7.51. The summed E-state index contributed by atoms with van der Waals surface area (Å²) in [6, 6.07) is 15.7. The number of benzene rings is 2. The third-order valence-electron chi connectivity index (χ3n) is 3.74. The molecule has 0 aliphatic rings. The molecule has 3 aromatic rings. The molecule has 0 radical (unpaired) electrons. The summed E-state index contributed by atoms with van der Waals surface area (Å²) in [7, 11) is 0. The summed E-state index contributed by atoms with van der Waals surface area (Å²) in [5.74, 6) is -0.00801. The third kappa shape index (κ3) is 2.36. The quantitative estimate of drug-likeness (QED) is 0.598. The Morgan fingerprint density at radius 2 is 1.95 bits per heavy atom. The van der Waals surface area contributed by atoms with Crippen LogP contribution in [0.3, 0.4) is 0 Å².